The fourth-order valence-electron chi connectivity index (χ4n) is 1.30. The van der Waals surface area contributed by atoms with E-state index in [1.54, 1.807) is 24.4 Å². The molecule has 0 spiro atoms. The predicted octanol–water partition coefficient (Wildman–Crippen LogP) is 2.89. The lowest BCUT2D eigenvalue weighted by Crippen LogP contribution is -2.00. The van der Waals surface area contributed by atoms with E-state index in [1.165, 1.54) is 7.11 Å². The molecule has 0 saturated carbocycles. The van der Waals surface area contributed by atoms with E-state index in [0.717, 1.165) is 5.56 Å². The van der Waals surface area contributed by atoms with Crippen LogP contribution in [0.15, 0.2) is 39.7 Å². The molecule has 0 fully saturated rings. The van der Waals surface area contributed by atoms with Crippen molar-refractivity contribution in [1.82, 2.24) is 4.98 Å². The largest absolute Gasteiger partial charge is 0.465 e. The van der Waals surface area contributed by atoms with Crippen molar-refractivity contribution in [2.75, 3.05) is 7.11 Å². The molecule has 82 valence electrons. The Morgan fingerprint density at radius 2 is 2.31 bits per heavy atom. The smallest absolute Gasteiger partial charge is 0.337 e. The van der Waals surface area contributed by atoms with Crippen LogP contribution >= 0.6 is 15.9 Å². The van der Waals surface area contributed by atoms with Gasteiger partial charge in [0.15, 0.2) is 5.76 Å². The number of methoxy groups -OCH3 is 1. The van der Waals surface area contributed by atoms with E-state index in [1.807, 2.05) is 6.07 Å². The van der Waals surface area contributed by atoms with E-state index >= 15 is 0 Å². The van der Waals surface area contributed by atoms with Gasteiger partial charge in [-0.15, -0.1) is 0 Å². The van der Waals surface area contributed by atoms with Gasteiger partial charge in [-0.2, -0.15) is 0 Å². The molecule has 0 unspecified atom stereocenters. The highest BCUT2D eigenvalue weighted by Crippen LogP contribution is 2.23. The van der Waals surface area contributed by atoms with Gasteiger partial charge < -0.3 is 9.15 Å². The molecule has 0 radical (unpaired) electrons. The van der Waals surface area contributed by atoms with Crippen LogP contribution in [-0.2, 0) is 4.74 Å². The van der Waals surface area contributed by atoms with Gasteiger partial charge in [0.25, 0.3) is 4.80 Å². The molecule has 2 aromatic rings. The number of nitrogens with zero attached hydrogens (tertiary/aromatic N) is 1. The molecule has 0 saturated heterocycles. The van der Waals surface area contributed by atoms with Crippen LogP contribution in [0.5, 0.6) is 0 Å². The van der Waals surface area contributed by atoms with Gasteiger partial charge >= 0.3 is 5.97 Å². The van der Waals surface area contributed by atoms with Crippen LogP contribution in [0, 0.1) is 0 Å². The highest BCUT2D eigenvalue weighted by molar-refractivity contribution is 9.10. The molecule has 0 aliphatic carbocycles. The van der Waals surface area contributed by atoms with Gasteiger partial charge in [-0.3, -0.25) is 0 Å². The summed E-state index contributed by atoms with van der Waals surface area (Å²) in [5.41, 5.74) is 1.26. The lowest BCUT2D eigenvalue weighted by atomic mass is 10.1. The summed E-state index contributed by atoms with van der Waals surface area (Å²) in [6, 6.07) is 6.97. The maximum absolute atomic E-state index is 11.3. The Morgan fingerprint density at radius 1 is 1.50 bits per heavy atom. The molecule has 2 rings (SSSR count). The minimum Gasteiger partial charge on any atom is -0.465 e. The second-order valence-corrected chi connectivity index (χ2v) is 3.73. The number of ether oxygens (including phenoxy) is 1. The van der Waals surface area contributed by atoms with Crippen molar-refractivity contribution in [3.8, 4) is 11.3 Å². The molecule has 1 aromatic carbocycles. The second kappa shape index (κ2) is 4.49. The number of benzene rings is 1. The van der Waals surface area contributed by atoms with Gasteiger partial charge in [0.2, 0.25) is 0 Å². The number of hydrogen-bond acceptors (Lipinski definition) is 4. The molecule has 0 aliphatic heterocycles. The summed E-state index contributed by atoms with van der Waals surface area (Å²) < 4.78 is 9.93. The predicted molar refractivity (Wildman–Crippen MR) is 61.0 cm³/mol. The van der Waals surface area contributed by atoms with Crippen molar-refractivity contribution in [3.05, 3.63) is 40.8 Å². The van der Waals surface area contributed by atoms with Crippen LogP contribution in [0.4, 0.5) is 0 Å². The number of hydrogen-bond donors (Lipinski definition) is 0. The Kier molecular flexibility index (Phi) is 3.05. The molecule has 1 aromatic heterocycles. The summed E-state index contributed by atoms with van der Waals surface area (Å²) in [6.45, 7) is 0. The first-order valence-electron chi connectivity index (χ1n) is 4.51. The topological polar surface area (TPSA) is 52.3 Å². The summed E-state index contributed by atoms with van der Waals surface area (Å²) in [4.78, 5) is 15.7. The summed E-state index contributed by atoms with van der Waals surface area (Å²) in [5, 5.41) is 0. The van der Waals surface area contributed by atoms with Gasteiger partial charge in [-0.25, -0.2) is 9.78 Å². The number of aromatic nitrogens is 1. The number of rotatable bonds is 2. The number of carbonyl (C=O) groups is 1. The van der Waals surface area contributed by atoms with E-state index in [9.17, 15) is 4.79 Å². The van der Waals surface area contributed by atoms with E-state index in [-0.39, 0.29) is 5.97 Å². The highest BCUT2D eigenvalue weighted by Gasteiger charge is 2.09. The molecule has 1 heterocycles. The molecule has 0 amide bonds. The molecule has 5 heteroatoms. The summed E-state index contributed by atoms with van der Waals surface area (Å²) in [6.07, 6.45) is 1.58. The Bertz CT molecular complexity index is 521. The Morgan fingerprint density at radius 3 is 2.94 bits per heavy atom. The maximum Gasteiger partial charge on any atom is 0.337 e. The van der Waals surface area contributed by atoms with Crippen molar-refractivity contribution in [2.24, 2.45) is 0 Å². The fourth-order valence-corrected chi connectivity index (χ4v) is 1.58. The van der Waals surface area contributed by atoms with Crippen molar-refractivity contribution in [3.63, 3.8) is 0 Å². The molecular formula is C11H8BrNO3. The van der Waals surface area contributed by atoms with Crippen molar-refractivity contribution in [1.29, 1.82) is 0 Å². The summed E-state index contributed by atoms with van der Waals surface area (Å²) in [7, 11) is 1.35. The van der Waals surface area contributed by atoms with Gasteiger partial charge in [0.05, 0.1) is 18.9 Å². The molecule has 16 heavy (non-hydrogen) atoms. The quantitative estimate of drug-likeness (QED) is 0.795. The van der Waals surface area contributed by atoms with Gasteiger partial charge in [0, 0.05) is 21.5 Å². The second-order valence-electron chi connectivity index (χ2n) is 3.05. The Hall–Kier alpha value is -1.62. The molecule has 4 nitrogen and oxygen atoms in total. The first-order valence-corrected chi connectivity index (χ1v) is 5.30. The maximum atomic E-state index is 11.3. The van der Waals surface area contributed by atoms with E-state index < -0.39 is 0 Å². The first-order chi connectivity index (χ1) is 7.70. The SMILES string of the molecule is COC(=O)c1cccc(-c2cnc(Br)o2)c1. The number of carbonyl (C=O) groups excluding carboxylic acids is 1. The number of oxazole rings is 1. The molecular weight excluding hydrogens is 274 g/mol. The number of halogens is 1. The zero-order valence-corrected chi connectivity index (χ0v) is 10.0. The number of esters is 1. The third kappa shape index (κ3) is 2.14. The van der Waals surface area contributed by atoms with Gasteiger partial charge in [0.1, 0.15) is 0 Å². The van der Waals surface area contributed by atoms with Gasteiger partial charge in [-0.1, -0.05) is 12.1 Å². The standard InChI is InChI=1S/C11H8BrNO3/c1-15-10(14)8-4-2-3-7(5-8)9-6-13-11(12)16-9/h2-6H,1H3. The minimum atomic E-state index is -0.375. The molecule has 0 N–H and O–H groups in total. The molecule has 0 aliphatic rings. The Labute approximate surface area is 100 Å². The average molecular weight is 282 g/mol. The summed E-state index contributed by atoms with van der Waals surface area (Å²) >= 11 is 3.12. The van der Waals surface area contributed by atoms with Crippen LogP contribution in [0.1, 0.15) is 10.4 Å². The van der Waals surface area contributed by atoms with Crippen molar-refractivity contribution in [2.45, 2.75) is 0 Å². The van der Waals surface area contributed by atoms with E-state index in [4.69, 9.17) is 4.42 Å². The monoisotopic (exact) mass is 281 g/mol. The van der Waals surface area contributed by atoms with Crippen LogP contribution < -0.4 is 0 Å². The third-order valence-corrected chi connectivity index (χ3v) is 2.41. The molecule has 0 bridgehead atoms. The Balaban J connectivity index is 2.39. The average Bonchev–Trinajstić information content (AvgIpc) is 2.75. The fraction of sp³-hybridized carbons (Fsp3) is 0.0909. The van der Waals surface area contributed by atoms with Crippen LogP contribution in [0.2, 0.25) is 0 Å². The van der Waals surface area contributed by atoms with Crippen LogP contribution in [0.3, 0.4) is 0 Å². The van der Waals surface area contributed by atoms with Crippen molar-refractivity contribution >= 4 is 21.9 Å². The zero-order chi connectivity index (χ0) is 11.5. The summed E-state index contributed by atoms with van der Waals surface area (Å²) in [5.74, 6) is 0.220. The highest BCUT2D eigenvalue weighted by atomic mass is 79.9. The zero-order valence-electron chi connectivity index (χ0n) is 8.44. The molecule has 0 atom stereocenters. The van der Waals surface area contributed by atoms with E-state index in [2.05, 4.69) is 25.7 Å². The lowest BCUT2D eigenvalue weighted by Gasteiger charge is -2.00. The normalized spacial score (nSPS) is 10.1. The van der Waals surface area contributed by atoms with Crippen LogP contribution in [0.25, 0.3) is 11.3 Å². The first kappa shape index (κ1) is 10.9. The van der Waals surface area contributed by atoms with Gasteiger partial charge in [-0.05, 0) is 12.1 Å². The third-order valence-electron chi connectivity index (χ3n) is 2.05. The van der Waals surface area contributed by atoms with E-state index in [0.29, 0.717) is 16.1 Å². The van der Waals surface area contributed by atoms with Crippen LogP contribution in [-0.4, -0.2) is 18.1 Å². The van der Waals surface area contributed by atoms with Crippen molar-refractivity contribution < 1.29 is 13.9 Å². The minimum absolute atomic E-state index is 0.375. The lowest BCUT2D eigenvalue weighted by molar-refractivity contribution is 0.0601.